The molecule has 4 heterocycles. The third kappa shape index (κ3) is 13.4. The number of aromatic nitrogens is 4. The van der Waals surface area contributed by atoms with Crippen molar-refractivity contribution in [1.29, 1.82) is 10.5 Å². The van der Waals surface area contributed by atoms with Crippen molar-refractivity contribution >= 4 is 121 Å². The molecule has 0 spiro atoms. The second-order valence-corrected chi connectivity index (χ2v) is 26.9. The average molecular weight is 1290 g/mol. The van der Waals surface area contributed by atoms with Crippen LogP contribution < -0.4 is 51.5 Å². The van der Waals surface area contributed by atoms with E-state index in [0.717, 1.165) is 31.3 Å². The fraction of sp³-hybridized carbons (Fsp3) is 0.143. The van der Waals surface area contributed by atoms with E-state index in [-0.39, 0.29) is 37.2 Å². The topological polar surface area (TPSA) is 229 Å². The molecule has 8 aromatic carbocycles. The first-order valence-corrected chi connectivity index (χ1v) is 34.4. The number of methoxy groups -OCH3 is 2. The molecule has 2 N–H and O–H groups in total. The number of benzene rings is 8. The van der Waals surface area contributed by atoms with Gasteiger partial charge in [-0.15, -0.1) is 22.7 Å². The highest BCUT2D eigenvalue weighted by molar-refractivity contribution is 7.86. The van der Waals surface area contributed by atoms with E-state index in [1.54, 1.807) is 14.2 Å². The number of nitrogens with zero attached hydrogens (tertiary/aromatic N) is 6. The highest BCUT2D eigenvalue weighted by Crippen LogP contribution is 2.39. The summed E-state index contributed by atoms with van der Waals surface area (Å²) in [5.74, 6) is 1.38. The van der Waals surface area contributed by atoms with Gasteiger partial charge in [-0.05, 0) is 110 Å². The van der Waals surface area contributed by atoms with E-state index < -0.39 is 45.4 Å². The number of unbranched alkanes of at least 4 members (excludes halogenated alkanes) is 2. The minimum atomic E-state index is -4.16. The van der Waals surface area contributed by atoms with Gasteiger partial charge in [-0.2, -0.15) is 27.4 Å². The SMILES string of the molecule is COc1ccc2sc(/C(C#N)=c3/c4c(-c5ccc(OCCCCS(=O)(=O)O)cc5)n(B(c5ccccc5)c5ccccc5)/c(=C(/C#N)c5nc6cc(OC)ccc6s5)c4c(-c4ccc(OCCCCS(=O)(=O)O)cc4)n3B(c3ccccc3)c3ccccc3)nc2c1. The lowest BCUT2D eigenvalue weighted by molar-refractivity contribution is 0.309. The average Bonchev–Trinajstić information content (AvgIpc) is 1.52. The van der Waals surface area contributed by atoms with E-state index in [9.17, 15) is 36.5 Å². The molecule has 12 aromatic rings. The molecule has 0 radical (unpaired) electrons. The van der Waals surface area contributed by atoms with Gasteiger partial charge in [0.25, 0.3) is 20.2 Å². The van der Waals surface area contributed by atoms with Crippen molar-refractivity contribution in [2.45, 2.75) is 25.7 Å². The van der Waals surface area contributed by atoms with Crippen molar-refractivity contribution < 1.29 is 44.9 Å². The lowest BCUT2D eigenvalue weighted by Crippen LogP contribution is -2.54. The molecule has 0 aliphatic carbocycles. The van der Waals surface area contributed by atoms with E-state index in [1.165, 1.54) is 22.7 Å². The smallest absolute Gasteiger partial charge is 0.328 e. The van der Waals surface area contributed by atoms with Gasteiger partial charge in [0.1, 0.15) is 56.3 Å². The molecular weight excluding hydrogens is 1230 g/mol. The van der Waals surface area contributed by atoms with Gasteiger partial charge in [0, 0.05) is 34.3 Å². The molecule has 0 unspecified atom stereocenters. The Balaban J connectivity index is 1.32. The van der Waals surface area contributed by atoms with E-state index in [0.29, 0.717) is 101 Å². The van der Waals surface area contributed by atoms with Crippen LogP contribution in [0.5, 0.6) is 23.0 Å². The quantitative estimate of drug-likeness (QED) is 0.0326. The van der Waals surface area contributed by atoms with E-state index >= 15 is 0 Å². The van der Waals surface area contributed by atoms with Crippen LogP contribution in [0, 0.1) is 22.7 Å². The largest absolute Gasteiger partial charge is 0.497 e. The van der Waals surface area contributed by atoms with Crippen LogP contribution in [0.15, 0.2) is 206 Å². The summed E-state index contributed by atoms with van der Waals surface area (Å²) in [6, 6.07) is 72.3. The molecule has 16 nitrogen and oxygen atoms in total. The van der Waals surface area contributed by atoms with Gasteiger partial charge in [-0.1, -0.05) is 143 Å². The van der Waals surface area contributed by atoms with Gasteiger partial charge in [0.2, 0.25) is 0 Å². The summed E-state index contributed by atoms with van der Waals surface area (Å²) >= 11 is 2.75. The molecule has 0 saturated heterocycles. The molecule has 0 saturated carbocycles. The second kappa shape index (κ2) is 27.4. The van der Waals surface area contributed by atoms with Crippen LogP contribution in [-0.4, -0.2) is 97.5 Å². The Morgan fingerprint density at radius 3 is 1.10 bits per heavy atom. The summed E-state index contributed by atoms with van der Waals surface area (Å²) in [6.45, 7) is -1.03. The van der Waals surface area contributed by atoms with Crippen molar-refractivity contribution in [2.75, 3.05) is 38.9 Å². The number of thiazole rings is 2. The minimum absolute atomic E-state index is 0.168. The summed E-state index contributed by atoms with van der Waals surface area (Å²) in [5.41, 5.74) is 7.81. The predicted octanol–water partition coefficient (Wildman–Crippen LogP) is 9.86. The lowest BCUT2D eigenvalue weighted by Gasteiger charge is -2.24. The number of fused-ring (bicyclic) bond motifs is 3. The molecule has 0 amide bonds. The zero-order valence-corrected chi connectivity index (χ0v) is 53.2. The van der Waals surface area contributed by atoms with Crippen LogP contribution in [0.4, 0.5) is 0 Å². The highest BCUT2D eigenvalue weighted by atomic mass is 32.2. The predicted molar refractivity (Wildman–Crippen MR) is 368 cm³/mol. The third-order valence-electron chi connectivity index (χ3n) is 15.8. The zero-order chi connectivity index (χ0) is 63.9. The van der Waals surface area contributed by atoms with E-state index in [2.05, 4.69) is 69.6 Å². The molecule has 0 bridgehead atoms. The van der Waals surface area contributed by atoms with E-state index in [1.807, 2.05) is 158 Å². The first-order chi connectivity index (χ1) is 44.7. The summed E-state index contributed by atoms with van der Waals surface area (Å²) in [4.78, 5) is 10.6. The zero-order valence-electron chi connectivity index (χ0n) is 49.9. The normalized spacial score (nSPS) is 12.3. The molecule has 0 aliphatic heterocycles. The molecule has 92 heavy (non-hydrogen) atoms. The fourth-order valence-electron chi connectivity index (χ4n) is 11.8. The van der Waals surface area contributed by atoms with Gasteiger partial charge >= 0.3 is 13.7 Å². The summed E-state index contributed by atoms with van der Waals surface area (Å²) in [7, 11) is -5.14. The summed E-state index contributed by atoms with van der Waals surface area (Å²) in [6.07, 6.45) is 1.09. The van der Waals surface area contributed by atoms with Crippen molar-refractivity contribution in [3.05, 3.63) is 227 Å². The van der Waals surface area contributed by atoms with Crippen molar-refractivity contribution in [2.24, 2.45) is 0 Å². The molecule has 4 aromatic heterocycles. The Hall–Kier alpha value is -9.77. The van der Waals surface area contributed by atoms with Crippen LogP contribution >= 0.6 is 22.7 Å². The molecule has 0 fully saturated rings. The summed E-state index contributed by atoms with van der Waals surface area (Å²) < 4.78 is 95.5. The second-order valence-electron chi connectivity index (χ2n) is 21.7. The van der Waals surface area contributed by atoms with Crippen LogP contribution in [-0.2, 0) is 20.2 Å². The highest BCUT2D eigenvalue weighted by Gasteiger charge is 2.38. The fourth-order valence-corrected chi connectivity index (χ4v) is 14.8. The third-order valence-corrected chi connectivity index (χ3v) is 19.6. The monoisotopic (exact) mass is 1290 g/mol. The standard InChI is InChI=1S/C70H58B2N6O10S4/c1-85-55-35-37-61-59(43-55)75-69(89-61)57(45-73)67-63-64(66(48-29-33-54(34-30-48)88-40-16-18-42-92(82,83)84)77(67)71(49-19-7-3-8-20-49)50-21-9-4-10-22-50)68(58(46-74)70-76-60-44-56(86-2)36-38-62(60)90-70)78(72(51-23-11-5-12-24-51)52-25-13-6-14-26-52)65(63)47-27-31-53(32-28-47)87-39-15-17-41-91(79,80)81/h3-14,19-38,43-44H,15-18,39-42H2,1-2H3,(H,79,80,81)(H,82,83,84)/b67-57-,68-58-. The van der Waals surface area contributed by atoms with Crippen LogP contribution in [0.1, 0.15) is 35.7 Å². The maximum Gasteiger partial charge on any atom is 0.328 e. The molecule has 0 aliphatic rings. The molecular formula is C70H58B2N6O10S4. The van der Waals surface area contributed by atoms with Crippen LogP contribution in [0.25, 0.3) is 64.9 Å². The van der Waals surface area contributed by atoms with Crippen LogP contribution in [0.3, 0.4) is 0 Å². The van der Waals surface area contributed by atoms with Crippen molar-refractivity contribution in [1.82, 2.24) is 18.9 Å². The Labute approximate surface area is 540 Å². The number of nitriles is 2. The Kier molecular flexibility index (Phi) is 18.6. The Morgan fingerprint density at radius 1 is 0.467 bits per heavy atom. The molecule has 22 heteroatoms. The Morgan fingerprint density at radius 2 is 0.793 bits per heavy atom. The lowest BCUT2D eigenvalue weighted by atomic mass is 9.50. The molecule has 0 atom stereocenters. The summed E-state index contributed by atoms with van der Waals surface area (Å²) in [5, 5.41) is 27.9. The number of rotatable bonds is 24. The first-order valence-electron chi connectivity index (χ1n) is 29.6. The maximum absolute atomic E-state index is 12.4. The van der Waals surface area contributed by atoms with Gasteiger partial charge in [-0.3, -0.25) is 9.11 Å². The van der Waals surface area contributed by atoms with Crippen molar-refractivity contribution in [3.8, 4) is 57.7 Å². The maximum atomic E-state index is 12.4. The number of ether oxygens (including phenoxy) is 4. The van der Waals surface area contributed by atoms with Crippen LogP contribution in [0.2, 0.25) is 0 Å². The van der Waals surface area contributed by atoms with Gasteiger partial charge in [0.05, 0.1) is 70.1 Å². The molecule has 12 rings (SSSR count). The van der Waals surface area contributed by atoms with Gasteiger partial charge in [0.15, 0.2) is 0 Å². The van der Waals surface area contributed by atoms with E-state index in [4.69, 9.17) is 28.9 Å². The number of hydrogen-bond acceptors (Lipinski definition) is 14. The van der Waals surface area contributed by atoms with Gasteiger partial charge < -0.3 is 27.9 Å². The first kappa shape index (κ1) is 62.4. The van der Waals surface area contributed by atoms with Gasteiger partial charge in [-0.25, -0.2) is 9.97 Å². The van der Waals surface area contributed by atoms with Crippen molar-refractivity contribution in [3.63, 3.8) is 0 Å². The molecule has 458 valence electrons. The Bertz CT molecular complexity index is 4720. The minimum Gasteiger partial charge on any atom is -0.497 e. The number of hydrogen-bond donors (Lipinski definition) is 2.